The minimum absolute atomic E-state index is 0.0111. The molecule has 4 rings (SSSR count). The molecular weight excluding hydrogens is 316 g/mol. The number of nitrogens with zero attached hydrogens (tertiary/aromatic N) is 3. The van der Waals surface area contributed by atoms with Crippen LogP contribution in [0.15, 0.2) is 41.2 Å². The molecule has 1 aromatic heterocycles. The molecule has 6 nitrogen and oxygen atoms in total. The van der Waals surface area contributed by atoms with Crippen molar-refractivity contribution in [2.45, 2.75) is 25.8 Å². The minimum atomic E-state index is -0.323. The molecule has 2 aromatic rings. The smallest absolute Gasteiger partial charge is 0.278 e. The van der Waals surface area contributed by atoms with Crippen LogP contribution in [0.4, 0.5) is 0 Å². The number of carbonyl (C=O) groups is 1. The van der Waals surface area contributed by atoms with Crippen LogP contribution in [0, 0.1) is 18.8 Å². The molecule has 130 valence electrons. The van der Waals surface area contributed by atoms with Gasteiger partial charge in [0.1, 0.15) is 0 Å². The summed E-state index contributed by atoms with van der Waals surface area (Å²) in [6.45, 7) is 3.12. The number of fused-ring (bicyclic) bond motifs is 1. The van der Waals surface area contributed by atoms with Crippen molar-refractivity contribution < 1.29 is 4.79 Å². The Morgan fingerprint density at radius 1 is 1.20 bits per heavy atom. The molecule has 0 spiro atoms. The van der Waals surface area contributed by atoms with Crippen molar-refractivity contribution in [2.24, 2.45) is 17.6 Å². The van der Waals surface area contributed by atoms with E-state index in [1.165, 1.54) is 6.07 Å². The first-order valence-corrected chi connectivity index (χ1v) is 8.76. The lowest BCUT2D eigenvalue weighted by Gasteiger charge is -2.19. The minimum Gasteiger partial charge on any atom is -0.336 e. The molecule has 2 aliphatic rings. The predicted molar refractivity (Wildman–Crippen MR) is 94.7 cm³/mol. The summed E-state index contributed by atoms with van der Waals surface area (Å²) in [7, 11) is 0. The van der Waals surface area contributed by atoms with Gasteiger partial charge >= 0.3 is 0 Å². The number of hydrogen-bond acceptors (Lipinski definition) is 4. The molecule has 1 aliphatic heterocycles. The van der Waals surface area contributed by atoms with Gasteiger partial charge in [0, 0.05) is 30.9 Å². The second-order valence-corrected chi connectivity index (χ2v) is 7.12. The number of hydrogen-bond donors (Lipinski definition) is 1. The van der Waals surface area contributed by atoms with Crippen molar-refractivity contribution in [2.75, 3.05) is 13.1 Å². The van der Waals surface area contributed by atoms with E-state index in [1.807, 2.05) is 37.3 Å². The molecule has 1 aromatic carbocycles. The van der Waals surface area contributed by atoms with E-state index in [1.54, 1.807) is 9.58 Å². The number of benzene rings is 1. The number of para-hydroxylation sites is 1. The number of aryl methyl sites for hydroxylation is 1. The van der Waals surface area contributed by atoms with E-state index < -0.39 is 0 Å². The first-order valence-electron chi connectivity index (χ1n) is 8.76. The highest BCUT2D eigenvalue weighted by molar-refractivity contribution is 5.92. The van der Waals surface area contributed by atoms with Gasteiger partial charge in [-0.1, -0.05) is 18.2 Å². The standard InChI is InChI=1S/C19H22N4O2/c1-12-9-17(24)18(21-23(12)14-5-3-2-4-6-14)19(25)22-10-13-7-8-16(20)15(13)11-22/h2-6,9,13,15-16H,7-8,10-11,20H2,1H3. The second-order valence-electron chi connectivity index (χ2n) is 7.12. The van der Waals surface area contributed by atoms with Gasteiger partial charge in [-0.3, -0.25) is 9.59 Å². The fourth-order valence-electron chi connectivity index (χ4n) is 4.15. The summed E-state index contributed by atoms with van der Waals surface area (Å²) in [4.78, 5) is 27.0. The molecule has 25 heavy (non-hydrogen) atoms. The summed E-state index contributed by atoms with van der Waals surface area (Å²) in [5.74, 6) is 0.530. The summed E-state index contributed by atoms with van der Waals surface area (Å²) >= 11 is 0. The first kappa shape index (κ1) is 16.0. The Labute approximate surface area is 146 Å². The van der Waals surface area contributed by atoms with Crippen LogP contribution in [0.1, 0.15) is 29.0 Å². The Morgan fingerprint density at radius 3 is 2.68 bits per heavy atom. The number of rotatable bonds is 2. The van der Waals surface area contributed by atoms with Crippen molar-refractivity contribution in [3.05, 3.63) is 58.0 Å². The van der Waals surface area contributed by atoms with Gasteiger partial charge < -0.3 is 10.6 Å². The molecule has 3 atom stereocenters. The van der Waals surface area contributed by atoms with Crippen molar-refractivity contribution in [3.8, 4) is 5.69 Å². The van der Waals surface area contributed by atoms with Gasteiger partial charge in [-0.15, -0.1) is 0 Å². The van der Waals surface area contributed by atoms with Crippen LogP contribution < -0.4 is 11.2 Å². The highest BCUT2D eigenvalue weighted by Gasteiger charge is 2.43. The zero-order chi connectivity index (χ0) is 17.6. The van der Waals surface area contributed by atoms with Gasteiger partial charge in [0.25, 0.3) is 5.91 Å². The molecule has 3 unspecified atom stereocenters. The maximum Gasteiger partial charge on any atom is 0.278 e. The topological polar surface area (TPSA) is 81.2 Å². The first-order chi connectivity index (χ1) is 12.0. The fraction of sp³-hybridized carbons (Fsp3) is 0.421. The maximum atomic E-state index is 12.9. The quantitative estimate of drug-likeness (QED) is 0.896. The maximum absolute atomic E-state index is 12.9. The molecule has 1 saturated heterocycles. The van der Waals surface area contributed by atoms with Crippen LogP contribution in [0.5, 0.6) is 0 Å². The third kappa shape index (κ3) is 2.76. The van der Waals surface area contributed by atoms with Crippen molar-refractivity contribution in [1.82, 2.24) is 14.7 Å². The predicted octanol–water partition coefficient (Wildman–Crippen LogP) is 1.35. The monoisotopic (exact) mass is 338 g/mol. The van der Waals surface area contributed by atoms with E-state index in [-0.39, 0.29) is 23.1 Å². The Balaban J connectivity index is 1.66. The van der Waals surface area contributed by atoms with Gasteiger partial charge in [-0.2, -0.15) is 5.10 Å². The Bertz CT molecular complexity index is 861. The molecule has 0 radical (unpaired) electrons. The largest absolute Gasteiger partial charge is 0.336 e. The third-order valence-electron chi connectivity index (χ3n) is 5.51. The van der Waals surface area contributed by atoms with Gasteiger partial charge in [0.05, 0.1) is 5.69 Å². The lowest BCUT2D eigenvalue weighted by molar-refractivity contribution is 0.0770. The summed E-state index contributed by atoms with van der Waals surface area (Å²) in [6, 6.07) is 11.2. The third-order valence-corrected chi connectivity index (χ3v) is 5.51. The molecule has 1 amide bonds. The zero-order valence-corrected chi connectivity index (χ0v) is 14.3. The Morgan fingerprint density at radius 2 is 1.96 bits per heavy atom. The average Bonchev–Trinajstić information content (AvgIpc) is 3.18. The van der Waals surface area contributed by atoms with Crippen LogP contribution >= 0.6 is 0 Å². The Kier molecular flexibility index (Phi) is 3.92. The average molecular weight is 338 g/mol. The molecule has 2 heterocycles. The van der Waals surface area contributed by atoms with Gasteiger partial charge in [0.2, 0.25) is 5.43 Å². The van der Waals surface area contributed by atoms with Crippen LogP contribution in [0.25, 0.3) is 5.69 Å². The molecule has 0 bridgehead atoms. The zero-order valence-electron chi connectivity index (χ0n) is 14.3. The molecule has 1 saturated carbocycles. The van der Waals surface area contributed by atoms with Crippen molar-refractivity contribution >= 4 is 5.91 Å². The summed E-state index contributed by atoms with van der Waals surface area (Å²) < 4.78 is 1.65. The van der Waals surface area contributed by atoms with E-state index in [9.17, 15) is 9.59 Å². The second kappa shape index (κ2) is 6.11. The molecule has 1 aliphatic carbocycles. The number of aromatic nitrogens is 2. The molecule has 2 fully saturated rings. The lowest BCUT2D eigenvalue weighted by atomic mass is 9.98. The van der Waals surface area contributed by atoms with Gasteiger partial charge in [-0.25, -0.2) is 4.68 Å². The van der Waals surface area contributed by atoms with Crippen LogP contribution in [-0.2, 0) is 0 Å². The van der Waals surface area contributed by atoms with Crippen LogP contribution in [-0.4, -0.2) is 39.7 Å². The van der Waals surface area contributed by atoms with Crippen molar-refractivity contribution in [3.63, 3.8) is 0 Å². The van der Waals surface area contributed by atoms with Crippen molar-refractivity contribution in [1.29, 1.82) is 0 Å². The van der Waals surface area contributed by atoms with E-state index >= 15 is 0 Å². The number of likely N-dealkylation sites (tertiary alicyclic amines) is 1. The molecular formula is C19H22N4O2. The highest BCUT2D eigenvalue weighted by Crippen LogP contribution is 2.37. The summed E-state index contributed by atoms with van der Waals surface area (Å²) in [6.07, 6.45) is 2.09. The SMILES string of the molecule is Cc1cc(=O)c(C(=O)N2CC3CCC(N)C3C2)nn1-c1ccccc1. The van der Waals surface area contributed by atoms with E-state index in [2.05, 4.69) is 5.10 Å². The number of carbonyl (C=O) groups excluding carboxylic acids is 1. The van der Waals surface area contributed by atoms with Gasteiger partial charge in [-0.05, 0) is 43.7 Å². The lowest BCUT2D eigenvalue weighted by Crippen LogP contribution is -2.37. The summed E-state index contributed by atoms with van der Waals surface area (Å²) in [5, 5.41) is 4.38. The van der Waals surface area contributed by atoms with E-state index in [4.69, 9.17) is 5.73 Å². The van der Waals surface area contributed by atoms with E-state index in [0.717, 1.165) is 18.5 Å². The number of amides is 1. The van der Waals surface area contributed by atoms with Gasteiger partial charge in [0.15, 0.2) is 5.69 Å². The summed E-state index contributed by atoms with van der Waals surface area (Å²) in [5.41, 5.74) is 7.35. The fourth-order valence-corrected chi connectivity index (χ4v) is 4.15. The van der Waals surface area contributed by atoms with Crippen LogP contribution in [0.2, 0.25) is 0 Å². The van der Waals surface area contributed by atoms with Crippen LogP contribution in [0.3, 0.4) is 0 Å². The normalized spacial score (nSPS) is 25.2. The molecule has 2 N–H and O–H groups in total. The highest BCUT2D eigenvalue weighted by atomic mass is 16.2. The van der Waals surface area contributed by atoms with E-state index in [0.29, 0.717) is 30.6 Å². The number of nitrogens with two attached hydrogens (primary N) is 1. The Hall–Kier alpha value is -2.47. The molecule has 6 heteroatoms.